The van der Waals surface area contributed by atoms with Crippen molar-refractivity contribution in [2.45, 2.75) is 6.92 Å². The highest BCUT2D eigenvalue weighted by atomic mass is 32.2. The summed E-state index contributed by atoms with van der Waals surface area (Å²) < 4.78 is 10.3. The first-order valence-corrected chi connectivity index (χ1v) is 7.53. The van der Waals surface area contributed by atoms with Crippen LogP contribution in [0.15, 0.2) is 28.1 Å². The number of carboxylic acid groups (broad SMARTS) is 1. The van der Waals surface area contributed by atoms with Crippen molar-refractivity contribution >= 4 is 40.8 Å². The lowest BCUT2D eigenvalue weighted by atomic mass is 10.2. The highest BCUT2D eigenvalue weighted by Gasteiger charge is 2.22. The number of thioether (sulfide) groups is 1. The van der Waals surface area contributed by atoms with Crippen molar-refractivity contribution in [3.8, 4) is 11.5 Å². The van der Waals surface area contributed by atoms with Gasteiger partial charge in [0, 0.05) is 6.92 Å². The molecule has 0 spiro atoms. The van der Waals surface area contributed by atoms with E-state index < -0.39 is 18.5 Å². The standard InChI is InChI=1S/C15H14N2O6S/c1-8(18)16-15-17-14(21)12(24-15)6-9-3-4-10(11(5-9)22-2)23-7-13(19)20/h3-6H,7H2,1-2H3,(H,19,20)(H,16,17,18,21)/b12-6+. The maximum Gasteiger partial charge on any atom is 0.341 e. The molecule has 1 aliphatic rings. The molecule has 0 aliphatic carbocycles. The number of carbonyl (C=O) groups excluding carboxylic acids is 2. The molecule has 2 amide bonds. The number of methoxy groups -OCH3 is 1. The van der Waals surface area contributed by atoms with E-state index in [0.717, 1.165) is 11.8 Å². The van der Waals surface area contributed by atoms with Crippen LogP contribution in [0.25, 0.3) is 6.08 Å². The normalized spacial score (nSPS) is 15.2. The van der Waals surface area contributed by atoms with Crippen molar-refractivity contribution in [1.82, 2.24) is 5.32 Å². The second-order valence-corrected chi connectivity index (χ2v) is 5.64. The molecule has 0 radical (unpaired) electrons. The number of carbonyl (C=O) groups is 3. The Morgan fingerprint density at radius 2 is 2.12 bits per heavy atom. The lowest BCUT2D eigenvalue weighted by Gasteiger charge is -2.09. The molecule has 0 fully saturated rings. The first-order chi connectivity index (χ1) is 11.4. The zero-order valence-electron chi connectivity index (χ0n) is 12.9. The van der Waals surface area contributed by atoms with Gasteiger partial charge in [0.15, 0.2) is 23.3 Å². The van der Waals surface area contributed by atoms with Gasteiger partial charge in [0.2, 0.25) is 5.91 Å². The third kappa shape index (κ3) is 4.59. The number of rotatable bonds is 5. The van der Waals surface area contributed by atoms with E-state index in [4.69, 9.17) is 14.6 Å². The molecular formula is C15H14N2O6S. The summed E-state index contributed by atoms with van der Waals surface area (Å²) in [5.74, 6) is -1.24. The van der Waals surface area contributed by atoms with Gasteiger partial charge in [-0.3, -0.25) is 9.59 Å². The first kappa shape index (κ1) is 17.5. The summed E-state index contributed by atoms with van der Waals surface area (Å²) >= 11 is 1.05. The Kier molecular flexibility index (Phi) is 5.59. The van der Waals surface area contributed by atoms with Gasteiger partial charge in [-0.25, -0.2) is 4.79 Å². The summed E-state index contributed by atoms with van der Waals surface area (Å²) in [6, 6.07) is 4.80. The SMILES string of the molecule is COc1cc(/C=C2/SC(NC(C)=O)=NC2=O)ccc1OCC(=O)O. The molecule has 24 heavy (non-hydrogen) atoms. The molecule has 126 valence electrons. The smallest absolute Gasteiger partial charge is 0.341 e. The summed E-state index contributed by atoms with van der Waals surface area (Å²) in [6.07, 6.45) is 1.59. The number of hydrogen-bond acceptors (Lipinski definition) is 6. The topological polar surface area (TPSA) is 114 Å². The number of amidine groups is 1. The fraction of sp³-hybridized carbons (Fsp3) is 0.200. The van der Waals surface area contributed by atoms with E-state index in [-0.39, 0.29) is 16.8 Å². The lowest BCUT2D eigenvalue weighted by Crippen LogP contribution is -2.23. The average molecular weight is 350 g/mol. The second-order valence-electron chi connectivity index (χ2n) is 4.61. The van der Waals surface area contributed by atoms with Crippen molar-refractivity contribution in [2.24, 2.45) is 4.99 Å². The number of amides is 2. The molecule has 1 aromatic rings. The predicted molar refractivity (Wildman–Crippen MR) is 88.0 cm³/mol. The van der Waals surface area contributed by atoms with Crippen molar-refractivity contribution in [3.63, 3.8) is 0 Å². The second kappa shape index (κ2) is 7.64. The monoisotopic (exact) mass is 350 g/mol. The summed E-state index contributed by atoms with van der Waals surface area (Å²) in [5, 5.41) is 11.3. The van der Waals surface area contributed by atoms with Crippen molar-refractivity contribution < 1.29 is 29.0 Å². The van der Waals surface area contributed by atoms with Crippen LogP contribution in [0.5, 0.6) is 11.5 Å². The van der Waals surface area contributed by atoms with E-state index >= 15 is 0 Å². The number of aliphatic carboxylic acids is 1. The largest absolute Gasteiger partial charge is 0.493 e. The number of carboxylic acids is 1. The molecule has 2 N–H and O–H groups in total. The third-order valence-corrected chi connectivity index (χ3v) is 3.64. The van der Waals surface area contributed by atoms with Crippen LogP contribution in [0.3, 0.4) is 0 Å². The number of hydrogen-bond donors (Lipinski definition) is 2. The Bertz CT molecular complexity index is 756. The predicted octanol–water partition coefficient (Wildman–Crippen LogP) is 1.26. The van der Waals surface area contributed by atoms with Crippen LogP contribution in [0.4, 0.5) is 0 Å². The van der Waals surface area contributed by atoms with Crippen molar-refractivity contribution in [1.29, 1.82) is 0 Å². The van der Waals surface area contributed by atoms with Crippen LogP contribution >= 0.6 is 11.8 Å². The zero-order valence-corrected chi connectivity index (χ0v) is 13.7. The number of ether oxygens (including phenoxy) is 2. The van der Waals surface area contributed by atoms with Crippen LogP contribution in [0, 0.1) is 0 Å². The summed E-state index contributed by atoms with van der Waals surface area (Å²) in [6.45, 7) is 0.842. The van der Waals surface area contributed by atoms with Crippen molar-refractivity contribution in [3.05, 3.63) is 28.7 Å². The molecule has 0 saturated heterocycles. The molecule has 2 rings (SSSR count). The molecule has 0 aromatic heterocycles. The van der Waals surface area contributed by atoms with E-state index in [9.17, 15) is 14.4 Å². The van der Waals surface area contributed by atoms with Gasteiger partial charge >= 0.3 is 5.97 Å². The molecule has 9 heteroatoms. The maximum atomic E-state index is 11.8. The van der Waals surface area contributed by atoms with Gasteiger partial charge < -0.3 is 19.9 Å². The van der Waals surface area contributed by atoms with Gasteiger partial charge in [-0.2, -0.15) is 4.99 Å². The van der Waals surface area contributed by atoms with Crippen LogP contribution in [-0.2, 0) is 14.4 Å². The fourth-order valence-electron chi connectivity index (χ4n) is 1.80. The lowest BCUT2D eigenvalue weighted by molar-refractivity contribution is -0.139. The first-order valence-electron chi connectivity index (χ1n) is 6.72. The average Bonchev–Trinajstić information content (AvgIpc) is 2.84. The van der Waals surface area contributed by atoms with E-state index in [2.05, 4.69) is 10.3 Å². The zero-order chi connectivity index (χ0) is 17.7. The Balaban J connectivity index is 2.17. The number of aliphatic imine (C=N–C) groups is 1. The van der Waals surface area contributed by atoms with Crippen molar-refractivity contribution in [2.75, 3.05) is 13.7 Å². The molecule has 0 bridgehead atoms. The van der Waals surface area contributed by atoms with E-state index in [1.54, 1.807) is 24.3 Å². The summed E-state index contributed by atoms with van der Waals surface area (Å²) in [7, 11) is 1.42. The minimum absolute atomic E-state index is 0.229. The van der Waals surface area contributed by atoms with Gasteiger partial charge in [0.25, 0.3) is 5.91 Å². The van der Waals surface area contributed by atoms with E-state index in [0.29, 0.717) is 16.2 Å². The van der Waals surface area contributed by atoms with Crippen LogP contribution < -0.4 is 14.8 Å². The number of benzene rings is 1. The fourth-order valence-corrected chi connectivity index (χ4v) is 2.66. The Morgan fingerprint density at radius 3 is 2.75 bits per heavy atom. The minimum atomic E-state index is -1.10. The Hall–Kier alpha value is -2.81. The molecule has 0 atom stereocenters. The number of nitrogens with zero attached hydrogens (tertiary/aromatic N) is 1. The summed E-state index contributed by atoms with van der Waals surface area (Å²) in [5.41, 5.74) is 0.643. The molecule has 0 saturated carbocycles. The highest BCUT2D eigenvalue weighted by molar-refractivity contribution is 8.18. The molecule has 8 nitrogen and oxygen atoms in total. The minimum Gasteiger partial charge on any atom is -0.493 e. The molecule has 0 unspecified atom stereocenters. The Labute approximate surface area is 141 Å². The van der Waals surface area contributed by atoms with Gasteiger partial charge in [-0.15, -0.1) is 0 Å². The quantitative estimate of drug-likeness (QED) is 0.768. The molecular weight excluding hydrogens is 336 g/mol. The third-order valence-electron chi connectivity index (χ3n) is 2.74. The molecule has 1 aliphatic heterocycles. The molecule has 1 heterocycles. The van der Waals surface area contributed by atoms with Gasteiger partial charge in [-0.1, -0.05) is 6.07 Å². The van der Waals surface area contributed by atoms with Gasteiger partial charge in [-0.05, 0) is 35.5 Å². The maximum absolute atomic E-state index is 11.8. The highest BCUT2D eigenvalue weighted by Crippen LogP contribution is 2.32. The van der Waals surface area contributed by atoms with Crippen LogP contribution in [0.2, 0.25) is 0 Å². The van der Waals surface area contributed by atoms with Gasteiger partial charge in [0.05, 0.1) is 12.0 Å². The Morgan fingerprint density at radius 1 is 1.38 bits per heavy atom. The number of nitrogens with one attached hydrogen (secondary N) is 1. The van der Waals surface area contributed by atoms with E-state index in [1.165, 1.54) is 14.0 Å². The molecule has 1 aromatic carbocycles. The van der Waals surface area contributed by atoms with Crippen LogP contribution in [0.1, 0.15) is 12.5 Å². The van der Waals surface area contributed by atoms with E-state index in [1.807, 2.05) is 0 Å². The van der Waals surface area contributed by atoms with Gasteiger partial charge in [0.1, 0.15) is 0 Å². The summed E-state index contributed by atoms with van der Waals surface area (Å²) in [4.78, 5) is 37.4. The van der Waals surface area contributed by atoms with Crippen LogP contribution in [-0.4, -0.2) is 41.8 Å².